The molecular formula is C18H24ClNO4. The second kappa shape index (κ2) is 7.01. The third-order valence-corrected chi connectivity index (χ3v) is 4.53. The lowest BCUT2D eigenvalue weighted by Gasteiger charge is -2.40. The topological polar surface area (TPSA) is 66.8 Å². The second-order valence-electron chi connectivity index (χ2n) is 7.36. The summed E-state index contributed by atoms with van der Waals surface area (Å²) in [4.78, 5) is 25.4. The molecule has 24 heavy (non-hydrogen) atoms. The van der Waals surface area contributed by atoms with Gasteiger partial charge in [0, 0.05) is 18.1 Å². The van der Waals surface area contributed by atoms with Gasteiger partial charge in [0.2, 0.25) is 0 Å². The maximum Gasteiger partial charge on any atom is 0.407 e. The molecule has 0 unspecified atom stereocenters. The number of carboxylic acid groups (broad SMARTS) is 1. The smallest absolute Gasteiger partial charge is 0.407 e. The molecule has 1 aromatic rings. The monoisotopic (exact) mass is 353 g/mol. The van der Waals surface area contributed by atoms with Gasteiger partial charge < -0.3 is 14.7 Å². The van der Waals surface area contributed by atoms with E-state index in [2.05, 4.69) is 0 Å². The molecule has 1 aromatic carbocycles. The van der Waals surface area contributed by atoms with Crippen LogP contribution in [0, 0.1) is 5.41 Å². The Kier molecular flexibility index (Phi) is 5.43. The molecule has 6 heteroatoms. The van der Waals surface area contributed by atoms with Crippen molar-refractivity contribution in [2.45, 2.75) is 45.6 Å². The third-order valence-electron chi connectivity index (χ3n) is 4.28. The van der Waals surface area contributed by atoms with Crippen LogP contribution < -0.4 is 0 Å². The van der Waals surface area contributed by atoms with E-state index in [1.807, 2.05) is 32.9 Å². The highest BCUT2D eigenvalue weighted by molar-refractivity contribution is 6.30. The number of carbonyl (C=O) groups excluding carboxylic acids is 1. The Morgan fingerprint density at radius 1 is 1.21 bits per heavy atom. The lowest BCUT2D eigenvalue weighted by molar-refractivity contribution is -0.170. The number of nitrogens with zero attached hydrogens (tertiary/aromatic N) is 1. The van der Waals surface area contributed by atoms with Crippen molar-refractivity contribution in [1.82, 2.24) is 4.90 Å². The van der Waals surface area contributed by atoms with Crippen LogP contribution in [0.3, 0.4) is 0 Å². The highest BCUT2D eigenvalue weighted by Gasteiger charge is 2.44. The predicted octanol–water partition coefficient (Wildman–Crippen LogP) is 3.98. The van der Waals surface area contributed by atoms with Gasteiger partial charge in [0.25, 0.3) is 0 Å². The van der Waals surface area contributed by atoms with Gasteiger partial charge in [-0.1, -0.05) is 23.7 Å². The van der Waals surface area contributed by atoms with Crippen LogP contribution in [0.15, 0.2) is 24.3 Å². The number of halogens is 1. The van der Waals surface area contributed by atoms with Crippen molar-refractivity contribution in [2.24, 2.45) is 5.41 Å². The number of benzene rings is 1. The third kappa shape index (κ3) is 4.63. The molecule has 0 spiro atoms. The molecule has 1 aliphatic rings. The first-order valence-electron chi connectivity index (χ1n) is 8.07. The number of carbonyl (C=O) groups is 2. The van der Waals surface area contributed by atoms with Gasteiger partial charge in [0.05, 0.1) is 5.41 Å². The molecule has 0 atom stereocenters. The first-order valence-corrected chi connectivity index (χ1v) is 8.45. The van der Waals surface area contributed by atoms with Crippen LogP contribution in [-0.4, -0.2) is 40.8 Å². The summed E-state index contributed by atoms with van der Waals surface area (Å²) in [6, 6.07) is 7.40. The van der Waals surface area contributed by atoms with Crippen molar-refractivity contribution in [2.75, 3.05) is 13.1 Å². The molecule has 0 aliphatic carbocycles. The molecule has 0 radical (unpaired) electrons. The second-order valence-corrected chi connectivity index (χ2v) is 7.79. The summed E-state index contributed by atoms with van der Waals surface area (Å²) in [5.41, 5.74) is -0.282. The fourth-order valence-electron chi connectivity index (χ4n) is 2.96. The number of piperidine rings is 1. The van der Waals surface area contributed by atoms with Gasteiger partial charge in [-0.25, -0.2) is 4.79 Å². The maximum absolute atomic E-state index is 12.9. The molecular weight excluding hydrogens is 330 g/mol. The standard InChI is InChI=1S/C18H24ClNO4/c1-17(2,3)24-15(21)18(8-10-20(11-9-18)16(22)23)12-13-4-6-14(19)7-5-13/h4-7H,8-12H2,1-3H3,(H,22,23). The van der Waals surface area contributed by atoms with Crippen LogP contribution in [-0.2, 0) is 16.0 Å². The van der Waals surface area contributed by atoms with E-state index in [-0.39, 0.29) is 5.97 Å². The fraction of sp³-hybridized carbons (Fsp3) is 0.556. The number of ether oxygens (including phenoxy) is 1. The zero-order valence-corrected chi connectivity index (χ0v) is 15.1. The summed E-state index contributed by atoms with van der Waals surface area (Å²) in [7, 11) is 0. The average molecular weight is 354 g/mol. The molecule has 1 N–H and O–H groups in total. The highest BCUT2D eigenvalue weighted by Crippen LogP contribution is 2.38. The van der Waals surface area contributed by atoms with Crippen molar-refractivity contribution in [1.29, 1.82) is 0 Å². The highest BCUT2D eigenvalue weighted by atomic mass is 35.5. The fourth-order valence-corrected chi connectivity index (χ4v) is 3.08. The van der Waals surface area contributed by atoms with E-state index in [4.69, 9.17) is 21.4 Å². The van der Waals surface area contributed by atoms with Crippen molar-refractivity contribution in [3.8, 4) is 0 Å². The summed E-state index contributed by atoms with van der Waals surface area (Å²) < 4.78 is 5.64. The molecule has 1 aliphatic heterocycles. The van der Waals surface area contributed by atoms with Crippen molar-refractivity contribution in [3.05, 3.63) is 34.9 Å². The number of hydrogen-bond donors (Lipinski definition) is 1. The number of hydrogen-bond acceptors (Lipinski definition) is 3. The number of likely N-dealkylation sites (tertiary alicyclic amines) is 1. The molecule has 132 valence electrons. The van der Waals surface area contributed by atoms with E-state index < -0.39 is 17.1 Å². The van der Waals surface area contributed by atoms with Crippen LogP contribution in [0.1, 0.15) is 39.2 Å². The van der Waals surface area contributed by atoms with Crippen LogP contribution >= 0.6 is 11.6 Å². The lowest BCUT2D eigenvalue weighted by atomic mass is 9.73. The Bertz CT molecular complexity index is 598. The molecule has 2 rings (SSSR count). The van der Waals surface area contributed by atoms with Crippen molar-refractivity contribution in [3.63, 3.8) is 0 Å². The van der Waals surface area contributed by atoms with Crippen LogP contribution in [0.4, 0.5) is 4.79 Å². The van der Waals surface area contributed by atoms with Gasteiger partial charge >= 0.3 is 12.1 Å². The Hall–Kier alpha value is -1.75. The van der Waals surface area contributed by atoms with Gasteiger partial charge in [0.15, 0.2) is 0 Å². The predicted molar refractivity (Wildman–Crippen MR) is 92.3 cm³/mol. The minimum atomic E-state index is -0.945. The van der Waals surface area contributed by atoms with E-state index in [0.717, 1.165) is 5.56 Å². The van der Waals surface area contributed by atoms with Crippen LogP contribution in [0.25, 0.3) is 0 Å². The Morgan fingerprint density at radius 3 is 2.21 bits per heavy atom. The van der Waals surface area contributed by atoms with Gasteiger partial charge in [-0.15, -0.1) is 0 Å². The quantitative estimate of drug-likeness (QED) is 0.834. The number of esters is 1. The molecule has 1 fully saturated rings. The molecule has 1 amide bonds. The van der Waals surface area contributed by atoms with E-state index >= 15 is 0 Å². The van der Waals surface area contributed by atoms with Gasteiger partial charge in [0.1, 0.15) is 5.60 Å². The Morgan fingerprint density at radius 2 is 1.75 bits per heavy atom. The van der Waals surface area contributed by atoms with Crippen molar-refractivity contribution < 1.29 is 19.4 Å². The number of rotatable bonds is 3. The van der Waals surface area contributed by atoms with Crippen molar-refractivity contribution >= 4 is 23.7 Å². The van der Waals surface area contributed by atoms with Gasteiger partial charge in [-0.3, -0.25) is 4.79 Å². The van der Waals surface area contributed by atoms with E-state index in [9.17, 15) is 9.59 Å². The van der Waals surface area contributed by atoms with E-state index in [0.29, 0.717) is 37.4 Å². The first-order chi connectivity index (χ1) is 11.1. The van der Waals surface area contributed by atoms with Crippen LogP contribution in [0.5, 0.6) is 0 Å². The summed E-state index contributed by atoms with van der Waals surface area (Å²) in [6.45, 7) is 6.19. The zero-order chi connectivity index (χ0) is 18.0. The van der Waals surface area contributed by atoms with E-state index in [1.54, 1.807) is 12.1 Å². The largest absolute Gasteiger partial charge is 0.465 e. The first kappa shape index (κ1) is 18.6. The molecule has 1 heterocycles. The minimum Gasteiger partial charge on any atom is -0.465 e. The number of amides is 1. The molecule has 0 aromatic heterocycles. The normalized spacial score (nSPS) is 17.4. The molecule has 0 saturated carbocycles. The van der Waals surface area contributed by atoms with Gasteiger partial charge in [-0.2, -0.15) is 0 Å². The average Bonchev–Trinajstić information content (AvgIpc) is 2.48. The maximum atomic E-state index is 12.9. The lowest BCUT2D eigenvalue weighted by Crippen LogP contribution is -2.49. The Balaban J connectivity index is 2.23. The molecule has 5 nitrogen and oxygen atoms in total. The van der Waals surface area contributed by atoms with Crippen LogP contribution in [0.2, 0.25) is 5.02 Å². The molecule has 1 saturated heterocycles. The van der Waals surface area contributed by atoms with Gasteiger partial charge in [-0.05, 0) is 57.7 Å². The minimum absolute atomic E-state index is 0.255. The van der Waals surface area contributed by atoms with E-state index in [1.165, 1.54) is 4.90 Å². The Labute approximate surface area is 147 Å². The SMILES string of the molecule is CC(C)(C)OC(=O)C1(Cc2ccc(Cl)cc2)CCN(C(=O)O)CC1. The summed E-state index contributed by atoms with van der Waals surface area (Å²) in [6.07, 6.45) is 0.486. The summed E-state index contributed by atoms with van der Waals surface area (Å²) >= 11 is 5.93. The zero-order valence-electron chi connectivity index (χ0n) is 14.3. The molecule has 0 bridgehead atoms. The summed E-state index contributed by atoms with van der Waals surface area (Å²) in [5.74, 6) is -0.255. The summed E-state index contributed by atoms with van der Waals surface area (Å²) in [5, 5.41) is 9.79.